The summed E-state index contributed by atoms with van der Waals surface area (Å²) in [6.07, 6.45) is 3.07. The first-order valence-electron chi connectivity index (χ1n) is 7.05. The minimum absolute atomic E-state index is 0.452. The Hall–Kier alpha value is -1.02. The van der Waals surface area contributed by atoms with Crippen LogP contribution in [0.1, 0.15) is 38.8 Å². The van der Waals surface area contributed by atoms with Gasteiger partial charge < -0.3 is 9.47 Å². The minimum Gasteiger partial charge on any atom is -0.494 e. The molecule has 0 amide bonds. The monoisotopic (exact) mass is 248 g/mol. The lowest BCUT2D eigenvalue weighted by Gasteiger charge is -2.14. The molecule has 1 aliphatic heterocycles. The largest absolute Gasteiger partial charge is 0.494 e. The predicted octanol–water partition coefficient (Wildman–Crippen LogP) is 3.61. The molecule has 2 nitrogen and oxygen atoms in total. The summed E-state index contributed by atoms with van der Waals surface area (Å²) in [6.45, 7) is 9.39. The zero-order chi connectivity index (χ0) is 13.1. The van der Waals surface area contributed by atoms with E-state index in [2.05, 4.69) is 39.0 Å². The minimum atomic E-state index is 0.452. The quantitative estimate of drug-likeness (QED) is 0.717. The van der Waals surface area contributed by atoms with Gasteiger partial charge in [-0.3, -0.25) is 0 Å². The van der Waals surface area contributed by atoms with Crippen LogP contribution in [0.3, 0.4) is 0 Å². The molecule has 1 heterocycles. The Kier molecular flexibility index (Phi) is 4.28. The van der Waals surface area contributed by atoms with Crippen molar-refractivity contribution >= 4 is 0 Å². The van der Waals surface area contributed by atoms with Gasteiger partial charge in [0.05, 0.1) is 18.8 Å². The lowest BCUT2D eigenvalue weighted by molar-refractivity contribution is 0.327. The van der Waals surface area contributed by atoms with E-state index in [0.717, 1.165) is 25.2 Å². The van der Waals surface area contributed by atoms with Crippen LogP contribution in [0.5, 0.6) is 5.75 Å². The van der Waals surface area contributed by atoms with Gasteiger partial charge in [-0.2, -0.15) is 0 Å². The van der Waals surface area contributed by atoms with E-state index < -0.39 is 0 Å². The highest BCUT2D eigenvalue weighted by Gasteiger charge is 2.38. The van der Waals surface area contributed by atoms with E-state index in [-0.39, 0.29) is 0 Å². The molecule has 1 saturated heterocycles. The topological polar surface area (TPSA) is 21.8 Å². The smallest absolute Gasteiger partial charge is 0.119 e. The highest BCUT2D eigenvalue weighted by molar-refractivity contribution is 5.36. The molecule has 1 aromatic carbocycles. The van der Waals surface area contributed by atoms with E-state index in [1.807, 2.05) is 6.92 Å². The van der Waals surface area contributed by atoms with Gasteiger partial charge in [-0.25, -0.2) is 0 Å². The summed E-state index contributed by atoms with van der Waals surface area (Å²) in [7, 11) is 0. The lowest BCUT2D eigenvalue weighted by Crippen LogP contribution is -2.10. The van der Waals surface area contributed by atoms with Crippen molar-refractivity contribution in [3.8, 4) is 5.75 Å². The average Bonchev–Trinajstić information content (AvgIpc) is 3.09. The fourth-order valence-corrected chi connectivity index (χ4v) is 2.65. The Morgan fingerprint density at radius 3 is 2.56 bits per heavy atom. The van der Waals surface area contributed by atoms with Gasteiger partial charge in [0.2, 0.25) is 0 Å². The molecular formula is C16H24O2. The fourth-order valence-electron chi connectivity index (χ4n) is 2.65. The number of hydrogen-bond acceptors (Lipinski definition) is 2. The summed E-state index contributed by atoms with van der Waals surface area (Å²) in [5, 5.41) is 0. The second-order valence-corrected chi connectivity index (χ2v) is 5.20. The number of benzene rings is 1. The van der Waals surface area contributed by atoms with Crippen molar-refractivity contribution in [3.63, 3.8) is 0 Å². The van der Waals surface area contributed by atoms with Crippen molar-refractivity contribution in [3.05, 3.63) is 29.3 Å². The molecule has 3 unspecified atom stereocenters. The number of rotatable bonds is 6. The molecule has 100 valence electrons. The molecule has 0 aliphatic carbocycles. The average molecular weight is 248 g/mol. The molecule has 0 aromatic heterocycles. The zero-order valence-corrected chi connectivity index (χ0v) is 11.9. The molecule has 1 fully saturated rings. The maximum atomic E-state index is 5.56. The second-order valence-electron chi connectivity index (χ2n) is 5.20. The normalized spacial score (nSPS) is 23.8. The van der Waals surface area contributed by atoms with Crippen molar-refractivity contribution in [2.75, 3.05) is 6.61 Å². The van der Waals surface area contributed by atoms with Crippen molar-refractivity contribution in [2.45, 2.75) is 52.7 Å². The molecule has 0 spiro atoms. The van der Waals surface area contributed by atoms with Gasteiger partial charge in [0.25, 0.3) is 0 Å². The second kappa shape index (κ2) is 5.75. The number of aryl methyl sites for hydroxylation is 1. The molecule has 0 N–H and O–H groups in total. The summed E-state index contributed by atoms with van der Waals surface area (Å²) in [6, 6.07) is 6.48. The van der Waals surface area contributed by atoms with Gasteiger partial charge in [0, 0.05) is 0 Å². The molecule has 1 aliphatic rings. The van der Waals surface area contributed by atoms with Gasteiger partial charge in [-0.15, -0.1) is 0 Å². The van der Waals surface area contributed by atoms with Crippen molar-refractivity contribution in [1.82, 2.24) is 0 Å². The molecule has 0 bridgehead atoms. The third-order valence-corrected chi connectivity index (χ3v) is 3.73. The van der Waals surface area contributed by atoms with Crippen LogP contribution in [-0.2, 0) is 17.6 Å². The number of hydrogen-bond donors (Lipinski definition) is 0. The van der Waals surface area contributed by atoms with Crippen molar-refractivity contribution in [1.29, 1.82) is 0 Å². The van der Waals surface area contributed by atoms with Crippen molar-refractivity contribution < 1.29 is 9.47 Å². The van der Waals surface area contributed by atoms with Crippen LogP contribution in [0.15, 0.2) is 18.2 Å². The third kappa shape index (κ3) is 3.05. The van der Waals surface area contributed by atoms with E-state index in [1.54, 1.807) is 0 Å². The molecule has 1 aromatic rings. The molecule has 0 radical (unpaired) electrons. The van der Waals surface area contributed by atoms with Gasteiger partial charge in [0.1, 0.15) is 5.75 Å². The first-order chi connectivity index (χ1) is 8.65. The van der Waals surface area contributed by atoms with E-state index >= 15 is 0 Å². The zero-order valence-electron chi connectivity index (χ0n) is 11.9. The van der Waals surface area contributed by atoms with Crippen LogP contribution < -0.4 is 4.74 Å². The summed E-state index contributed by atoms with van der Waals surface area (Å²) in [4.78, 5) is 0. The summed E-state index contributed by atoms with van der Waals surface area (Å²) in [5.74, 6) is 1.59. The maximum Gasteiger partial charge on any atom is 0.119 e. The highest BCUT2D eigenvalue weighted by Crippen LogP contribution is 2.32. The standard InChI is InChI=1S/C16H24O2/c1-5-13-10-15(17-6-2)8-7-14(13)9-11(3)16-12(4)18-16/h7-8,10-12,16H,5-6,9H2,1-4H3. The van der Waals surface area contributed by atoms with E-state index in [4.69, 9.17) is 9.47 Å². The Bertz CT molecular complexity index is 400. The first kappa shape index (κ1) is 13.4. The van der Waals surface area contributed by atoms with E-state index in [0.29, 0.717) is 18.1 Å². The van der Waals surface area contributed by atoms with Crippen LogP contribution in [0, 0.1) is 5.92 Å². The fraction of sp³-hybridized carbons (Fsp3) is 0.625. The predicted molar refractivity (Wildman–Crippen MR) is 74.2 cm³/mol. The van der Waals surface area contributed by atoms with E-state index in [1.165, 1.54) is 11.1 Å². The Morgan fingerprint density at radius 1 is 1.28 bits per heavy atom. The Labute approximate surface area is 110 Å². The summed E-state index contributed by atoms with van der Waals surface area (Å²) < 4.78 is 11.1. The molecule has 3 atom stereocenters. The highest BCUT2D eigenvalue weighted by atomic mass is 16.6. The lowest BCUT2D eigenvalue weighted by atomic mass is 9.92. The SMILES string of the molecule is CCOc1ccc(CC(C)C2OC2C)c(CC)c1. The number of ether oxygens (including phenoxy) is 2. The molecule has 18 heavy (non-hydrogen) atoms. The summed E-state index contributed by atoms with van der Waals surface area (Å²) in [5.41, 5.74) is 2.84. The third-order valence-electron chi connectivity index (χ3n) is 3.73. The van der Waals surface area contributed by atoms with Gasteiger partial charge in [-0.05, 0) is 55.9 Å². The van der Waals surface area contributed by atoms with Crippen LogP contribution in [-0.4, -0.2) is 18.8 Å². The maximum absolute atomic E-state index is 5.56. The molecule has 2 rings (SSSR count). The van der Waals surface area contributed by atoms with Crippen LogP contribution in [0.4, 0.5) is 0 Å². The summed E-state index contributed by atoms with van der Waals surface area (Å²) >= 11 is 0. The van der Waals surface area contributed by atoms with E-state index in [9.17, 15) is 0 Å². The molecule has 0 saturated carbocycles. The van der Waals surface area contributed by atoms with Gasteiger partial charge in [0.15, 0.2) is 0 Å². The van der Waals surface area contributed by atoms with Gasteiger partial charge in [-0.1, -0.05) is 19.9 Å². The molecular weight excluding hydrogens is 224 g/mol. The van der Waals surface area contributed by atoms with Crippen LogP contribution >= 0.6 is 0 Å². The Morgan fingerprint density at radius 2 is 2.00 bits per heavy atom. The van der Waals surface area contributed by atoms with Crippen LogP contribution in [0.2, 0.25) is 0 Å². The first-order valence-corrected chi connectivity index (χ1v) is 7.05. The van der Waals surface area contributed by atoms with Crippen molar-refractivity contribution in [2.24, 2.45) is 5.92 Å². The van der Waals surface area contributed by atoms with Crippen LogP contribution in [0.25, 0.3) is 0 Å². The molecule has 2 heteroatoms. The number of epoxide rings is 1. The Balaban J connectivity index is 2.07. The van der Waals surface area contributed by atoms with Gasteiger partial charge >= 0.3 is 0 Å².